The lowest BCUT2D eigenvalue weighted by Gasteiger charge is -2.24. The Morgan fingerprint density at radius 2 is 1.96 bits per heavy atom. The molecule has 4 rings (SSSR count). The Labute approximate surface area is 137 Å². The number of nitrogens with zero attached hydrogens (tertiary/aromatic N) is 1. The highest BCUT2D eigenvalue weighted by atomic mass is 16.2. The Hall–Kier alpha value is -1.84. The smallest absolute Gasteiger partial charge is 0.227 e. The van der Waals surface area contributed by atoms with E-state index in [1.165, 1.54) is 24.8 Å². The summed E-state index contributed by atoms with van der Waals surface area (Å²) in [7, 11) is 0. The monoisotopic (exact) mass is 312 g/mol. The number of hydrogen-bond donors (Lipinski definition) is 1. The molecule has 4 atom stereocenters. The third kappa shape index (κ3) is 2.75. The van der Waals surface area contributed by atoms with Gasteiger partial charge >= 0.3 is 0 Å². The van der Waals surface area contributed by atoms with Crippen LogP contribution in [0.25, 0.3) is 0 Å². The first-order chi connectivity index (χ1) is 11.1. The number of aryl methyl sites for hydroxylation is 1. The maximum Gasteiger partial charge on any atom is 0.227 e. The van der Waals surface area contributed by atoms with Crippen molar-refractivity contribution < 1.29 is 9.59 Å². The van der Waals surface area contributed by atoms with Crippen LogP contribution in [0.2, 0.25) is 0 Å². The molecule has 1 aromatic carbocycles. The second-order valence-corrected chi connectivity index (χ2v) is 7.53. The first-order valence-corrected chi connectivity index (χ1v) is 8.77. The number of anilines is 1. The Kier molecular flexibility index (Phi) is 3.63. The van der Waals surface area contributed by atoms with Crippen molar-refractivity contribution in [2.75, 3.05) is 11.4 Å². The van der Waals surface area contributed by atoms with Crippen molar-refractivity contribution in [3.63, 3.8) is 0 Å². The van der Waals surface area contributed by atoms with Gasteiger partial charge in [0.15, 0.2) is 0 Å². The van der Waals surface area contributed by atoms with Crippen LogP contribution in [-0.2, 0) is 9.59 Å². The molecule has 4 heteroatoms. The number of hydrogen-bond acceptors (Lipinski definition) is 2. The van der Waals surface area contributed by atoms with Gasteiger partial charge in [0, 0.05) is 24.7 Å². The molecule has 122 valence electrons. The highest BCUT2D eigenvalue weighted by molar-refractivity contribution is 6.00. The topological polar surface area (TPSA) is 49.4 Å². The fourth-order valence-electron chi connectivity index (χ4n) is 4.58. The minimum Gasteiger partial charge on any atom is -0.353 e. The number of fused-ring (bicyclic) bond motifs is 2. The van der Waals surface area contributed by atoms with Crippen LogP contribution in [0.4, 0.5) is 5.69 Å². The molecule has 1 aromatic rings. The molecule has 1 aliphatic heterocycles. The van der Waals surface area contributed by atoms with Gasteiger partial charge in [-0.05, 0) is 50.2 Å². The van der Waals surface area contributed by atoms with Crippen molar-refractivity contribution in [2.24, 2.45) is 17.8 Å². The number of benzene rings is 1. The van der Waals surface area contributed by atoms with E-state index in [9.17, 15) is 9.59 Å². The van der Waals surface area contributed by atoms with E-state index in [4.69, 9.17) is 0 Å². The molecule has 1 heterocycles. The molecular weight excluding hydrogens is 288 g/mol. The molecule has 0 spiro atoms. The lowest BCUT2D eigenvalue weighted by molar-refractivity contribution is -0.127. The summed E-state index contributed by atoms with van der Waals surface area (Å²) in [5.41, 5.74) is 2.07. The fourth-order valence-corrected chi connectivity index (χ4v) is 4.58. The molecule has 2 bridgehead atoms. The second kappa shape index (κ2) is 5.66. The molecule has 0 aromatic heterocycles. The molecule has 0 radical (unpaired) electrons. The predicted octanol–water partition coefficient (Wildman–Crippen LogP) is 2.65. The first-order valence-electron chi connectivity index (χ1n) is 8.77. The van der Waals surface area contributed by atoms with Gasteiger partial charge in [0.1, 0.15) is 0 Å². The van der Waals surface area contributed by atoms with Crippen molar-refractivity contribution in [3.05, 3.63) is 29.8 Å². The third-order valence-corrected chi connectivity index (χ3v) is 5.91. The van der Waals surface area contributed by atoms with Gasteiger partial charge in [0.05, 0.1) is 5.92 Å². The molecule has 3 aliphatic rings. The zero-order valence-corrected chi connectivity index (χ0v) is 13.6. The number of nitrogens with one attached hydrogen (secondary N) is 1. The number of amides is 2. The summed E-state index contributed by atoms with van der Waals surface area (Å²) < 4.78 is 0. The summed E-state index contributed by atoms with van der Waals surface area (Å²) >= 11 is 0. The van der Waals surface area contributed by atoms with Gasteiger partial charge in [0.2, 0.25) is 11.8 Å². The average molecular weight is 312 g/mol. The molecule has 2 saturated carbocycles. The standard InChI is InChI=1S/C19H24N2O2/c1-12-2-6-16(7-3-12)21-11-15(10-18(21)22)19(23)20-17-9-13-4-5-14(17)8-13/h2-3,6-7,13-15,17H,4-5,8-11H2,1H3,(H,20,23). The van der Waals surface area contributed by atoms with Gasteiger partial charge in [-0.3, -0.25) is 9.59 Å². The van der Waals surface area contributed by atoms with Gasteiger partial charge in [-0.25, -0.2) is 0 Å². The zero-order valence-electron chi connectivity index (χ0n) is 13.6. The van der Waals surface area contributed by atoms with E-state index in [0.717, 1.165) is 18.0 Å². The number of rotatable bonds is 3. The molecule has 3 fully saturated rings. The zero-order chi connectivity index (χ0) is 16.0. The molecular formula is C19H24N2O2. The van der Waals surface area contributed by atoms with Gasteiger partial charge in [-0.2, -0.15) is 0 Å². The van der Waals surface area contributed by atoms with Crippen LogP contribution in [0.3, 0.4) is 0 Å². The highest BCUT2D eigenvalue weighted by Crippen LogP contribution is 2.44. The van der Waals surface area contributed by atoms with Crippen LogP contribution >= 0.6 is 0 Å². The summed E-state index contributed by atoms with van der Waals surface area (Å²) in [6.45, 7) is 2.54. The molecule has 23 heavy (non-hydrogen) atoms. The van der Waals surface area contributed by atoms with Crippen molar-refractivity contribution in [1.82, 2.24) is 5.32 Å². The van der Waals surface area contributed by atoms with Crippen LogP contribution in [0.5, 0.6) is 0 Å². The maximum atomic E-state index is 12.6. The first kappa shape index (κ1) is 14.7. The van der Waals surface area contributed by atoms with Gasteiger partial charge in [-0.15, -0.1) is 0 Å². The number of carbonyl (C=O) groups excluding carboxylic acids is 2. The van der Waals surface area contributed by atoms with Gasteiger partial charge in [-0.1, -0.05) is 24.1 Å². The molecule has 2 aliphatic carbocycles. The summed E-state index contributed by atoms with van der Waals surface area (Å²) in [5, 5.41) is 3.24. The van der Waals surface area contributed by atoms with Crippen LogP contribution in [0.1, 0.15) is 37.7 Å². The molecule has 4 unspecified atom stereocenters. The van der Waals surface area contributed by atoms with Crippen LogP contribution in [-0.4, -0.2) is 24.4 Å². The van der Waals surface area contributed by atoms with E-state index in [2.05, 4.69) is 5.32 Å². The van der Waals surface area contributed by atoms with E-state index in [0.29, 0.717) is 24.9 Å². The Bertz CT molecular complexity index is 625. The van der Waals surface area contributed by atoms with Crippen LogP contribution in [0.15, 0.2) is 24.3 Å². The quantitative estimate of drug-likeness (QED) is 0.933. The third-order valence-electron chi connectivity index (χ3n) is 5.91. The normalized spacial score (nSPS) is 32.6. The van der Waals surface area contributed by atoms with Crippen LogP contribution < -0.4 is 10.2 Å². The van der Waals surface area contributed by atoms with Crippen LogP contribution in [0, 0.1) is 24.7 Å². The summed E-state index contributed by atoms with van der Waals surface area (Å²) in [6, 6.07) is 8.29. The molecule has 4 nitrogen and oxygen atoms in total. The van der Waals surface area contributed by atoms with Crippen molar-refractivity contribution in [3.8, 4) is 0 Å². The van der Waals surface area contributed by atoms with E-state index < -0.39 is 0 Å². The molecule has 2 amide bonds. The van der Waals surface area contributed by atoms with E-state index in [1.807, 2.05) is 31.2 Å². The van der Waals surface area contributed by atoms with E-state index in [1.54, 1.807) is 4.90 Å². The largest absolute Gasteiger partial charge is 0.353 e. The van der Waals surface area contributed by atoms with Crippen molar-refractivity contribution in [2.45, 2.75) is 45.1 Å². The minimum atomic E-state index is -0.206. The Morgan fingerprint density at radius 1 is 1.17 bits per heavy atom. The van der Waals surface area contributed by atoms with E-state index in [-0.39, 0.29) is 17.7 Å². The average Bonchev–Trinajstić information content (AvgIpc) is 3.23. The second-order valence-electron chi connectivity index (χ2n) is 7.53. The highest BCUT2D eigenvalue weighted by Gasteiger charge is 2.42. The van der Waals surface area contributed by atoms with E-state index >= 15 is 0 Å². The van der Waals surface area contributed by atoms with Crippen molar-refractivity contribution >= 4 is 17.5 Å². The molecule has 1 N–H and O–H groups in total. The summed E-state index contributed by atoms with van der Waals surface area (Å²) in [6.07, 6.45) is 5.35. The fraction of sp³-hybridized carbons (Fsp3) is 0.579. The number of carbonyl (C=O) groups is 2. The lowest BCUT2D eigenvalue weighted by Crippen LogP contribution is -2.42. The minimum absolute atomic E-state index is 0.0574. The van der Waals surface area contributed by atoms with Gasteiger partial charge in [0.25, 0.3) is 0 Å². The maximum absolute atomic E-state index is 12.6. The molecule has 1 saturated heterocycles. The van der Waals surface area contributed by atoms with Gasteiger partial charge < -0.3 is 10.2 Å². The predicted molar refractivity (Wildman–Crippen MR) is 89.0 cm³/mol. The SMILES string of the molecule is Cc1ccc(N2CC(C(=O)NC3CC4CCC3C4)CC2=O)cc1. The Balaban J connectivity index is 1.39. The Morgan fingerprint density at radius 3 is 2.61 bits per heavy atom. The lowest BCUT2D eigenvalue weighted by atomic mass is 9.94. The summed E-state index contributed by atoms with van der Waals surface area (Å²) in [5.74, 6) is 1.42. The summed E-state index contributed by atoms with van der Waals surface area (Å²) in [4.78, 5) is 26.6. The van der Waals surface area contributed by atoms with Crippen molar-refractivity contribution in [1.29, 1.82) is 0 Å².